The summed E-state index contributed by atoms with van der Waals surface area (Å²) in [4.78, 5) is 4.31. The van der Waals surface area contributed by atoms with Crippen LogP contribution in [0.4, 0.5) is 4.39 Å². The maximum absolute atomic E-state index is 14.1. The number of pyridine rings is 1. The molecule has 2 rings (SSSR count). The molecule has 1 N–H and O–H groups in total. The zero-order valence-corrected chi connectivity index (χ0v) is 12.2. The molecule has 2 aromatic rings. The van der Waals surface area contributed by atoms with Crippen molar-refractivity contribution in [3.05, 3.63) is 64.7 Å². The predicted molar refractivity (Wildman–Crippen MR) is 80.4 cm³/mol. The molecule has 0 aliphatic heterocycles. The second-order valence-corrected chi connectivity index (χ2v) is 5.13. The number of benzene rings is 1. The Bertz CT molecular complexity index is 545. The third-order valence-electron chi connectivity index (χ3n) is 3.12. The first kappa shape index (κ1) is 14.9. The van der Waals surface area contributed by atoms with E-state index in [2.05, 4.69) is 17.2 Å². The van der Waals surface area contributed by atoms with Crippen molar-refractivity contribution in [2.24, 2.45) is 0 Å². The fourth-order valence-corrected chi connectivity index (χ4v) is 2.28. The summed E-state index contributed by atoms with van der Waals surface area (Å²) in [7, 11) is 0. The molecular formula is C16H18ClFN2. The molecule has 2 nitrogen and oxygen atoms in total. The molecule has 0 spiro atoms. The van der Waals surface area contributed by atoms with Crippen molar-refractivity contribution in [1.29, 1.82) is 0 Å². The first-order valence-corrected chi connectivity index (χ1v) is 7.16. The minimum Gasteiger partial charge on any atom is -0.310 e. The average molecular weight is 293 g/mol. The summed E-state index contributed by atoms with van der Waals surface area (Å²) in [6, 6.07) is 10.5. The summed E-state index contributed by atoms with van der Waals surface area (Å²) < 4.78 is 14.1. The van der Waals surface area contributed by atoms with Gasteiger partial charge in [-0.3, -0.25) is 4.98 Å². The van der Waals surface area contributed by atoms with Gasteiger partial charge in [0.1, 0.15) is 5.82 Å². The molecule has 0 aliphatic rings. The fourth-order valence-electron chi connectivity index (χ4n) is 2.12. The largest absolute Gasteiger partial charge is 0.310 e. The second kappa shape index (κ2) is 7.36. The van der Waals surface area contributed by atoms with E-state index < -0.39 is 0 Å². The van der Waals surface area contributed by atoms with E-state index in [0.29, 0.717) is 17.0 Å². The van der Waals surface area contributed by atoms with Crippen LogP contribution in [-0.2, 0) is 6.42 Å². The number of halogens is 2. The highest BCUT2D eigenvalue weighted by Crippen LogP contribution is 2.23. The highest BCUT2D eigenvalue weighted by Gasteiger charge is 2.16. The molecule has 0 aliphatic carbocycles. The van der Waals surface area contributed by atoms with Gasteiger partial charge in [-0.15, -0.1) is 0 Å². The predicted octanol–water partition coefficient (Wildman–Crippen LogP) is 4.16. The monoisotopic (exact) mass is 292 g/mol. The first-order valence-electron chi connectivity index (χ1n) is 6.79. The molecule has 0 saturated carbocycles. The molecule has 0 fully saturated rings. The third-order valence-corrected chi connectivity index (χ3v) is 3.35. The maximum atomic E-state index is 14.1. The second-order valence-electron chi connectivity index (χ2n) is 4.70. The average Bonchev–Trinajstić information content (AvgIpc) is 2.45. The SMILES string of the molecule is CCCNC(Cc1ccccn1)c1ccc(Cl)cc1F. The highest BCUT2D eigenvalue weighted by atomic mass is 35.5. The lowest BCUT2D eigenvalue weighted by Gasteiger charge is -2.19. The normalized spacial score (nSPS) is 12.3. The topological polar surface area (TPSA) is 24.9 Å². The van der Waals surface area contributed by atoms with Gasteiger partial charge in [-0.1, -0.05) is 30.7 Å². The van der Waals surface area contributed by atoms with Gasteiger partial charge >= 0.3 is 0 Å². The van der Waals surface area contributed by atoms with Crippen molar-refractivity contribution in [3.63, 3.8) is 0 Å². The molecular weight excluding hydrogens is 275 g/mol. The summed E-state index contributed by atoms with van der Waals surface area (Å²) in [5, 5.41) is 3.79. The van der Waals surface area contributed by atoms with Crippen LogP contribution >= 0.6 is 11.6 Å². The van der Waals surface area contributed by atoms with Gasteiger partial charge in [0.2, 0.25) is 0 Å². The number of nitrogens with one attached hydrogen (secondary N) is 1. The van der Waals surface area contributed by atoms with Crippen molar-refractivity contribution in [3.8, 4) is 0 Å². The van der Waals surface area contributed by atoms with E-state index in [9.17, 15) is 4.39 Å². The van der Waals surface area contributed by atoms with Gasteiger partial charge in [0.15, 0.2) is 0 Å². The Morgan fingerprint density at radius 1 is 1.30 bits per heavy atom. The van der Waals surface area contributed by atoms with E-state index in [1.54, 1.807) is 18.3 Å². The van der Waals surface area contributed by atoms with Crippen LogP contribution in [0.15, 0.2) is 42.6 Å². The van der Waals surface area contributed by atoms with Crippen molar-refractivity contribution in [2.75, 3.05) is 6.54 Å². The lowest BCUT2D eigenvalue weighted by Crippen LogP contribution is -2.25. The third kappa shape index (κ3) is 4.02. The van der Waals surface area contributed by atoms with Crippen LogP contribution in [0.1, 0.15) is 30.6 Å². The summed E-state index contributed by atoms with van der Waals surface area (Å²) >= 11 is 5.81. The van der Waals surface area contributed by atoms with Gasteiger partial charge in [0, 0.05) is 34.9 Å². The maximum Gasteiger partial charge on any atom is 0.129 e. The quantitative estimate of drug-likeness (QED) is 0.865. The Hall–Kier alpha value is -1.45. The van der Waals surface area contributed by atoms with Crippen LogP contribution in [0.5, 0.6) is 0 Å². The van der Waals surface area contributed by atoms with E-state index in [0.717, 1.165) is 18.7 Å². The first-order chi connectivity index (χ1) is 9.70. The molecule has 4 heteroatoms. The number of aromatic nitrogens is 1. The number of rotatable bonds is 6. The minimum atomic E-state index is -0.276. The Labute approximate surface area is 124 Å². The Kier molecular flexibility index (Phi) is 5.50. The van der Waals surface area contributed by atoms with Crippen LogP contribution in [0.3, 0.4) is 0 Å². The molecule has 0 bridgehead atoms. The zero-order valence-electron chi connectivity index (χ0n) is 11.4. The molecule has 1 aromatic heterocycles. The van der Waals surface area contributed by atoms with E-state index in [4.69, 9.17) is 11.6 Å². The van der Waals surface area contributed by atoms with Gasteiger partial charge in [-0.2, -0.15) is 0 Å². The van der Waals surface area contributed by atoms with Crippen molar-refractivity contribution in [1.82, 2.24) is 10.3 Å². The van der Waals surface area contributed by atoms with Crippen molar-refractivity contribution >= 4 is 11.6 Å². The number of hydrogen-bond donors (Lipinski definition) is 1. The molecule has 20 heavy (non-hydrogen) atoms. The van der Waals surface area contributed by atoms with Gasteiger partial charge in [0.05, 0.1) is 0 Å². The zero-order chi connectivity index (χ0) is 14.4. The van der Waals surface area contributed by atoms with Crippen LogP contribution in [0.2, 0.25) is 5.02 Å². The fraction of sp³-hybridized carbons (Fsp3) is 0.312. The van der Waals surface area contributed by atoms with E-state index in [1.165, 1.54) is 6.07 Å². The molecule has 0 radical (unpaired) electrons. The molecule has 0 amide bonds. The van der Waals surface area contributed by atoms with E-state index >= 15 is 0 Å². The summed E-state index contributed by atoms with van der Waals surface area (Å²) in [6.45, 7) is 2.92. The van der Waals surface area contributed by atoms with Crippen molar-refractivity contribution in [2.45, 2.75) is 25.8 Å². The summed E-state index contributed by atoms with van der Waals surface area (Å²) in [6.07, 6.45) is 3.40. The van der Waals surface area contributed by atoms with Crippen LogP contribution in [0.25, 0.3) is 0 Å². The summed E-state index contributed by atoms with van der Waals surface area (Å²) in [5.74, 6) is -0.276. The number of nitrogens with zero attached hydrogens (tertiary/aromatic N) is 1. The highest BCUT2D eigenvalue weighted by molar-refractivity contribution is 6.30. The van der Waals surface area contributed by atoms with Crippen LogP contribution in [0, 0.1) is 5.82 Å². The van der Waals surface area contributed by atoms with E-state index in [1.807, 2.05) is 18.2 Å². The van der Waals surface area contributed by atoms with Crippen molar-refractivity contribution < 1.29 is 4.39 Å². The van der Waals surface area contributed by atoms with Gasteiger partial charge in [0.25, 0.3) is 0 Å². The van der Waals surface area contributed by atoms with Crippen LogP contribution in [-0.4, -0.2) is 11.5 Å². The smallest absolute Gasteiger partial charge is 0.129 e. The minimum absolute atomic E-state index is 0.0953. The Morgan fingerprint density at radius 3 is 2.80 bits per heavy atom. The van der Waals surface area contributed by atoms with Gasteiger partial charge < -0.3 is 5.32 Å². The lowest BCUT2D eigenvalue weighted by molar-refractivity contribution is 0.493. The molecule has 1 heterocycles. The number of hydrogen-bond acceptors (Lipinski definition) is 2. The molecule has 1 atom stereocenters. The molecule has 1 aromatic carbocycles. The van der Waals surface area contributed by atoms with Crippen LogP contribution < -0.4 is 5.32 Å². The molecule has 106 valence electrons. The molecule has 0 saturated heterocycles. The lowest BCUT2D eigenvalue weighted by atomic mass is 10.0. The standard InChI is InChI=1S/C16H18ClFN2/c1-2-8-20-16(11-13-5-3-4-9-19-13)14-7-6-12(17)10-15(14)18/h3-7,9-10,16,20H,2,8,11H2,1H3. The Morgan fingerprint density at radius 2 is 2.15 bits per heavy atom. The summed E-state index contributed by atoms with van der Waals surface area (Å²) in [5.41, 5.74) is 1.57. The van der Waals surface area contributed by atoms with Gasteiger partial charge in [-0.25, -0.2) is 4.39 Å². The Balaban J connectivity index is 2.22. The van der Waals surface area contributed by atoms with E-state index in [-0.39, 0.29) is 11.9 Å². The van der Waals surface area contributed by atoms with Gasteiger partial charge in [-0.05, 0) is 37.2 Å². The molecule has 1 unspecified atom stereocenters.